The molecule has 5 aromatic rings. The Morgan fingerprint density at radius 3 is 1.97 bits per heavy atom. The molecule has 200 valence electrons. The van der Waals surface area contributed by atoms with E-state index in [1.54, 1.807) is 40.9 Å². The minimum atomic E-state index is -0.833. The van der Waals surface area contributed by atoms with Gasteiger partial charge >= 0.3 is 0 Å². The van der Waals surface area contributed by atoms with E-state index in [9.17, 15) is 4.79 Å². The van der Waals surface area contributed by atoms with Gasteiger partial charge in [0.05, 0.1) is 12.2 Å². The van der Waals surface area contributed by atoms with Crippen LogP contribution >= 0.6 is 23.2 Å². The molecule has 0 atom stereocenters. The van der Waals surface area contributed by atoms with Crippen LogP contribution in [0.3, 0.4) is 0 Å². The van der Waals surface area contributed by atoms with E-state index >= 15 is 0 Å². The summed E-state index contributed by atoms with van der Waals surface area (Å²) in [4.78, 5) is 20.8. The van der Waals surface area contributed by atoms with Gasteiger partial charge in [0.1, 0.15) is 5.15 Å². The van der Waals surface area contributed by atoms with Crippen LogP contribution in [0.4, 0.5) is 0 Å². The highest BCUT2D eigenvalue weighted by atomic mass is 35.5. The molecule has 0 bridgehead atoms. The van der Waals surface area contributed by atoms with Crippen molar-refractivity contribution >= 4 is 40.7 Å². The summed E-state index contributed by atoms with van der Waals surface area (Å²) >= 11 is 11.5. The number of hydrogen-bond donors (Lipinski definition) is 2. The van der Waals surface area contributed by atoms with Crippen LogP contribution in [0.15, 0.2) is 72.8 Å². The Labute approximate surface area is 234 Å². The fraction of sp³-hybridized carbons (Fsp3) is 0.148. The van der Waals surface area contributed by atoms with Crippen molar-refractivity contribution in [2.75, 3.05) is 0 Å². The quantitative estimate of drug-likeness (QED) is 0.303. The first-order valence-electron chi connectivity index (χ1n) is 11.6. The van der Waals surface area contributed by atoms with Gasteiger partial charge in [-0.15, -0.1) is 15.3 Å². The van der Waals surface area contributed by atoms with Gasteiger partial charge in [-0.05, 0) is 50.2 Å². The van der Waals surface area contributed by atoms with Gasteiger partial charge in [0.25, 0.3) is 11.9 Å². The lowest BCUT2D eigenvalue weighted by Gasteiger charge is -2.04. The summed E-state index contributed by atoms with van der Waals surface area (Å²) < 4.78 is 1.65. The first-order chi connectivity index (χ1) is 18.6. The number of halogens is 2. The van der Waals surface area contributed by atoms with Crippen molar-refractivity contribution in [1.82, 2.24) is 35.3 Å². The smallest absolute Gasteiger partial charge is 0.300 e. The second-order valence-corrected chi connectivity index (χ2v) is 9.01. The number of aromatic nitrogens is 6. The van der Waals surface area contributed by atoms with Crippen molar-refractivity contribution in [3.63, 3.8) is 0 Å². The number of hydrogen-bond acceptors (Lipinski definition) is 7. The zero-order chi connectivity index (χ0) is 28.4. The van der Waals surface area contributed by atoms with Gasteiger partial charge in [-0.3, -0.25) is 9.59 Å². The van der Waals surface area contributed by atoms with E-state index in [0.717, 1.165) is 18.1 Å². The highest BCUT2D eigenvalue weighted by Crippen LogP contribution is 2.18. The number of rotatable bonds is 4. The van der Waals surface area contributed by atoms with Crippen LogP contribution in [-0.2, 0) is 11.3 Å². The minimum Gasteiger partial charge on any atom is -0.481 e. The summed E-state index contributed by atoms with van der Waals surface area (Å²) in [5, 5.41) is 30.9. The maximum Gasteiger partial charge on any atom is 0.300 e. The Kier molecular flexibility index (Phi) is 10.4. The number of carbonyl (C=O) groups is 2. The number of carboxylic acids is 1. The predicted octanol–water partition coefficient (Wildman–Crippen LogP) is 5.21. The summed E-state index contributed by atoms with van der Waals surface area (Å²) in [6, 6.07) is 22.3. The van der Waals surface area contributed by atoms with Crippen molar-refractivity contribution < 1.29 is 14.7 Å². The molecule has 0 spiro atoms. The molecule has 2 aromatic carbocycles. The summed E-state index contributed by atoms with van der Waals surface area (Å²) in [5.74, 6) is -0.269. The van der Waals surface area contributed by atoms with Crippen molar-refractivity contribution in [2.24, 2.45) is 0 Å². The van der Waals surface area contributed by atoms with Gasteiger partial charge in [0.15, 0.2) is 16.6 Å². The average molecular weight is 566 g/mol. The molecule has 1 amide bonds. The molecular formula is C27H25Cl2N7O3. The van der Waals surface area contributed by atoms with Gasteiger partial charge in [0.2, 0.25) is 0 Å². The predicted molar refractivity (Wildman–Crippen MR) is 149 cm³/mol. The van der Waals surface area contributed by atoms with Gasteiger partial charge in [-0.1, -0.05) is 70.7 Å². The first kappa shape index (κ1) is 29.2. The molecule has 0 aliphatic heterocycles. The summed E-state index contributed by atoms with van der Waals surface area (Å²) in [6.07, 6.45) is 0. The van der Waals surface area contributed by atoms with Crippen LogP contribution < -0.4 is 5.32 Å². The largest absolute Gasteiger partial charge is 0.481 e. The van der Waals surface area contributed by atoms with Gasteiger partial charge in [0, 0.05) is 18.1 Å². The van der Waals surface area contributed by atoms with E-state index in [0.29, 0.717) is 39.6 Å². The van der Waals surface area contributed by atoms with Crippen LogP contribution in [0.2, 0.25) is 10.3 Å². The Hall–Kier alpha value is -4.41. The lowest BCUT2D eigenvalue weighted by atomic mass is 10.1. The third-order valence-electron chi connectivity index (χ3n) is 4.97. The number of nitrogens with one attached hydrogen (secondary N) is 1. The standard InChI is InChI=1S/C13H12ClN3O.C12H9ClN4.C2H4O2/c1-9-2-4-10(5-3-9)13(18)15-8-11-6-7-12(14)17-16-11;1-8-2-4-9(5-3-8)12-15-14-11-7-6-10(13)16-17(11)12;1-2(3)4/h2-7H,8H2,1H3,(H,15,18);2-7H,1H3;1H3,(H,3,4). The van der Waals surface area contributed by atoms with Crippen molar-refractivity contribution in [1.29, 1.82) is 0 Å². The number of fused-ring (bicyclic) bond motifs is 1. The lowest BCUT2D eigenvalue weighted by Crippen LogP contribution is -2.23. The number of amides is 1. The van der Waals surface area contributed by atoms with E-state index in [4.69, 9.17) is 33.1 Å². The number of carbonyl (C=O) groups excluding carboxylic acids is 1. The maximum atomic E-state index is 11.8. The number of benzene rings is 2. The zero-order valence-corrected chi connectivity index (χ0v) is 22.9. The topological polar surface area (TPSA) is 135 Å². The Bertz CT molecular complexity index is 1540. The summed E-state index contributed by atoms with van der Waals surface area (Å²) in [6.45, 7) is 5.43. The third-order valence-corrected chi connectivity index (χ3v) is 5.37. The van der Waals surface area contributed by atoms with Crippen molar-refractivity contribution in [3.05, 3.63) is 105 Å². The van der Waals surface area contributed by atoms with Crippen LogP contribution in [-0.4, -0.2) is 47.0 Å². The van der Waals surface area contributed by atoms with E-state index in [1.165, 1.54) is 5.56 Å². The fourth-order valence-electron chi connectivity index (χ4n) is 3.06. The highest BCUT2D eigenvalue weighted by Gasteiger charge is 2.09. The number of aliphatic carboxylic acids is 1. The van der Waals surface area contributed by atoms with Crippen LogP contribution in [0.25, 0.3) is 17.0 Å². The summed E-state index contributed by atoms with van der Waals surface area (Å²) in [7, 11) is 0. The summed E-state index contributed by atoms with van der Waals surface area (Å²) in [5.41, 5.74) is 5.27. The van der Waals surface area contributed by atoms with Crippen molar-refractivity contribution in [2.45, 2.75) is 27.3 Å². The molecule has 0 fully saturated rings. The third kappa shape index (κ3) is 9.13. The fourth-order valence-corrected chi connectivity index (χ4v) is 3.30. The number of aryl methyl sites for hydroxylation is 2. The molecule has 0 unspecified atom stereocenters. The molecule has 39 heavy (non-hydrogen) atoms. The normalized spacial score (nSPS) is 10.1. The van der Waals surface area contributed by atoms with Crippen LogP contribution in [0.1, 0.15) is 34.1 Å². The van der Waals surface area contributed by atoms with E-state index in [2.05, 4.69) is 30.8 Å². The number of carboxylic acid groups (broad SMARTS) is 1. The second-order valence-electron chi connectivity index (χ2n) is 8.23. The molecule has 5 rings (SSSR count). The Morgan fingerprint density at radius 1 is 0.795 bits per heavy atom. The maximum absolute atomic E-state index is 11.8. The molecule has 0 saturated heterocycles. The van der Waals surface area contributed by atoms with E-state index in [1.807, 2.05) is 50.2 Å². The van der Waals surface area contributed by atoms with E-state index < -0.39 is 5.97 Å². The molecule has 3 heterocycles. The highest BCUT2D eigenvalue weighted by molar-refractivity contribution is 6.29. The molecule has 0 saturated carbocycles. The Balaban J connectivity index is 0.000000190. The van der Waals surface area contributed by atoms with Gasteiger partial charge in [-0.2, -0.15) is 14.7 Å². The first-order valence-corrected chi connectivity index (χ1v) is 12.4. The SMILES string of the molecule is CC(=O)O.Cc1ccc(-c2nnc3ccc(Cl)nn23)cc1.Cc1ccc(C(=O)NCc2ccc(Cl)nn2)cc1. The van der Waals surface area contributed by atoms with Gasteiger partial charge in [-0.25, -0.2) is 0 Å². The molecule has 10 nitrogen and oxygen atoms in total. The molecular weight excluding hydrogens is 541 g/mol. The molecule has 3 aromatic heterocycles. The van der Waals surface area contributed by atoms with Gasteiger partial charge < -0.3 is 10.4 Å². The average Bonchev–Trinajstić information content (AvgIpc) is 3.32. The zero-order valence-electron chi connectivity index (χ0n) is 21.3. The molecule has 0 aliphatic rings. The molecule has 0 aliphatic carbocycles. The number of nitrogens with zero attached hydrogens (tertiary/aromatic N) is 6. The van der Waals surface area contributed by atoms with Crippen LogP contribution in [0, 0.1) is 13.8 Å². The van der Waals surface area contributed by atoms with E-state index in [-0.39, 0.29) is 5.91 Å². The monoisotopic (exact) mass is 565 g/mol. The Morgan fingerprint density at radius 2 is 1.38 bits per heavy atom. The lowest BCUT2D eigenvalue weighted by molar-refractivity contribution is -0.134. The van der Waals surface area contributed by atoms with Crippen LogP contribution in [0.5, 0.6) is 0 Å². The molecule has 0 radical (unpaired) electrons. The molecule has 2 N–H and O–H groups in total. The molecule has 12 heteroatoms. The second kappa shape index (κ2) is 13.9. The van der Waals surface area contributed by atoms with Crippen molar-refractivity contribution in [3.8, 4) is 11.4 Å². The minimum absolute atomic E-state index is 0.133.